The number of aliphatic hydroxyl groups is 1. The van der Waals surface area contributed by atoms with E-state index in [0.717, 1.165) is 21.5 Å². The summed E-state index contributed by atoms with van der Waals surface area (Å²) in [5, 5.41) is 13.3. The van der Waals surface area contributed by atoms with Gasteiger partial charge in [0.2, 0.25) is 0 Å². The fourth-order valence-electron chi connectivity index (χ4n) is 1.75. The topological polar surface area (TPSA) is 46.3 Å². The summed E-state index contributed by atoms with van der Waals surface area (Å²) < 4.78 is 5.48. The fraction of sp³-hybridized carbons (Fsp3) is 0.154. The summed E-state index contributed by atoms with van der Waals surface area (Å²) in [6.07, 6.45) is 1.19. The highest BCUT2D eigenvalue weighted by Crippen LogP contribution is 2.33. The van der Waals surface area contributed by atoms with Crippen LogP contribution >= 0.6 is 11.3 Å². The molecule has 2 aromatic heterocycles. The van der Waals surface area contributed by atoms with Crippen molar-refractivity contribution in [2.24, 2.45) is 0 Å². The van der Waals surface area contributed by atoms with Crippen molar-refractivity contribution in [3.05, 3.63) is 41.6 Å². The number of rotatable bonds is 2. The molecule has 1 unspecified atom stereocenters. The van der Waals surface area contributed by atoms with E-state index < -0.39 is 6.10 Å². The number of aromatic nitrogens is 1. The lowest BCUT2D eigenvalue weighted by Gasteiger charge is -1.96. The monoisotopic (exact) mass is 245 g/mol. The SMILES string of the molecule is CC(O)c1csc(-c2coc3ccccc23)n1. The molecule has 86 valence electrons. The molecule has 1 N–H and O–H groups in total. The van der Waals surface area contributed by atoms with E-state index in [1.807, 2.05) is 29.6 Å². The highest BCUT2D eigenvalue weighted by molar-refractivity contribution is 7.13. The smallest absolute Gasteiger partial charge is 0.134 e. The Bertz CT molecular complexity index is 654. The van der Waals surface area contributed by atoms with Gasteiger partial charge in [0, 0.05) is 10.8 Å². The van der Waals surface area contributed by atoms with E-state index in [1.54, 1.807) is 13.2 Å². The molecule has 1 aromatic carbocycles. The predicted octanol–water partition coefficient (Wildman–Crippen LogP) is 3.61. The van der Waals surface area contributed by atoms with Crippen LogP contribution in [0.3, 0.4) is 0 Å². The van der Waals surface area contributed by atoms with Gasteiger partial charge in [-0.15, -0.1) is 11.3 Å². The first kappa shape index (κ1) is 10.5. The van der Waals surface area contributed by atoms with Crippen molar-refractivity contribution < 1.29 is 9.52 Å². The van der Waals surface area contributed by atoms with Gasteiger partial charge >= 0.3 is 0 Å². The summed E-state index contributed by atoms with van der Waals surface area (Å²) >= 11 is 1.52. The van der Waals surface area contributed by atoms with Gasteiger partial charge in [0.15, 0.2) is 0 Å². The first-order chi connectivity index (χ1) is 8.25. The summed E-state index contributed by atoms with van der Waals surface area (Å²) in [6, 6.07) is 7.86. The average molecular weight is 245 g/mol. The van der Waals surface area contributed by atoms with Gasteiger partial charge in [-0.25, -0.2) is 4.98 Å². The zero-order chi connectivity index (χ0) is 11.8. The second-order valence-corrected chi connectivity index (χ2v) is 4.76. The summed E-state index contributed by atoms with van der Waals surface area (Å²) in [7, 11) is 0. The number of benzene rings is 1. The molecule has 0 radical (unpaired) electrons. The molecule has 0 saturated carbocycles. The summed E-state index contributed by atoms with van der Waals surface area (Å²) in [5.74, 6) is 0. The lowest BCUT2D eigenvalue weighted by molar-refractivity contribution is 0.195. The zero-order valence-electron chi connectivity index (χ0n) is 9.25. The number of hydrogen-bond donors (Lipinski definition) is 1. The van der Waals surface area contributed by atoms with Crippen LogP contribution in [-0.4, -0.2) is 10.1 Å². The zero-order valence-corrected chi connectivity index (χ0v) is 10.1. The van der Waals surface area contributed by atoms with E-state index >= 15 is 0 Å². The Labute approximate surface area is 102 Å². The quantitative estimate of drug-likeness (QED) is 0.750. The second-order valence-electron chi connectivity index (χ2n) is 3.90. The molecule has 3 aromatic rings. The van der Waals surface area contributed by atoms with Crippen LogP contribution in [0.2, 0.25) is 0 Å². The molecular formula is C13H11NO2S. The normalized spacial score (nSPS) is 13.1. The van der Waals surface area contributed by atoms with Gasteiger partial charge in [0.1, 0.15) is 16.9 Å². The molecule has 0 aliphatic rings. The highest BCUT2D eigenvalue weighted by Gasteiger charge is 2.13. The van der Waals surface area contributed by atoms with Gasteiger partial charge in [0.05, 0.1) is 17.4 Å². The first-order valence-electron chi connectivity index (χ1n) is 5.36. The Morgan fingerprint density at radius 2 is 2.18 bits per heavy atom. The molecule has 0 bridgehead atoms. The van der Waals surface area contributed by atoms with Crippen LogP contribution in [0.4, 0.5) is 0 Å². The molecule has 4 heteroatoms. The fourth-order valence-corrected chi connectivity index (χ4v) is 2.67. The molecule has 0 saturated heterocycles. The van der Waals surface area contributed by atoms with Gasteiger partial charge in [-0.1, -0.05) is 18.2 Å². The highest BCUT2D eigenvalue weighted by atomic mass is 32.1. The lowest BCUT2D eigenvalue weighted by atomic mass is 10.2. The van der Waals surface area contributed by atoms with E-state index in [2.05, 4.69) is 4.98 Å². The molecular weight excluding hydrogens is 234 g/mol. The van der Waals surface area contributed by atoms with Crippen LogP contribution < -0.4 is 0 Å². The summed E-state index contributed by atoms with van der Waals surface area (Å²) in [4.78, 5) is 4.41. The van der Waals surface area contributed by atoms with Crippen molar-refractivity contribution in [2.75, 3.05) is 0 Å². The second kappa shape index (κ2) is 3.98. The molecule has 0 amide bonds. The number of para-hydroxylation sites is 1. The molecule has 17 heavy (non-hydrogen) atoms. The third kappa shape index (κ3) is 1.75. The third-order valence-corrected chi connectivity index (χ3v) is 3.56. The molecule has 0 aliphatic carbocycles. The number of hydrogen-bond acceptors (Lipinski definition) is 4. The number of furan rings is 1. The van der Waals surface area contributed by atoms with Crippen molar-refractivity contribution in [2.45, 2.75) is 13.0 Å². The van der Waals surface area contributed by atoms with Gasteiger partial charge in [-0.2, -0.15) is 0 Å². The maximum atomic E-state index is 9.47. The average Bonchev–Trinajstić information content (AvgIpc) is 2.95. The predicted molar refractivity (Wildman–Crippen MR) is 68.0 cm³/mol. The van der Waals surface area contributed by atoms with E-state index in [1.165, 1.54) is 11.3 Å². The molecule has 2 heterocycles. The van der Waals surface area contributed by atoms with Crippen molar-refractivity contribution in [1.82, 2.24) is 4.98 Å². The van der Waals surface area contributed by atoms with Gasteiger partial charge < -0.3 is 9.52 Å². The summed E-state index contributed by atoms with van der Waals surface area (Å²) in [6.45, 7) is 1.71. The van der Waals surface area contributed by atoms with Crippen LogP contribution in [0.15, 0.2) is 40.3 Å². The Balaban J connectivity index is 2.14. The maximum absolute atomic E-state index is 9.47. The third-order valence-electron chi connectivity index (χ3n) is 2.66. The van der Waals surface area contributed by atoms with Crippen LogP contribution in [-0.2, 0) is 0 Å². The Kier molecular flexibility index (Phi) is 2.46. The van der Waals surface area contributed by atoms with Crippen LogP contribution in [0.25, 0.3) is 21.5 Å². The lowest BCUT2D eigenvalue weighted by Crippen LogP contribution is -1.90. The molecule has 3 rings (SSSR count). The number of nitrogens with zero attached hydrogens (tertiary/aromatic N) is 1. The van der Waals surface area contributed by atoms with Gasteiger partial charge in [0.25, 0.3) is 0 Å². The Morgan fingerprint density at radius 1 is 1.35 bits per heavy atom. The minimum atomic E-state index is -0.529. The van der Waals surface area contributed by atoms with Gasteiger partial charge in [-0.05, 0) is 13.0 Å². The minimum Gasteiger partial charge on any atom is -0.464 e. The van der Waals surface area contributed by atoms with Crippen molar-refractivity contribution >= 4 is 22.3 Å². The van der Waals surface area contributed by atoms with E-state index in [-0.39, 0.29) is 0 Å². The van der Waals surface area contributed by atoms with Crippen LogP contribution in [0, 0.1) is 0 Å². The van der Waals surface area contributed by atoms with Crippen LogP contribution in [0.5, 0.6) is 0 Å². The molecule has 1 atom stereocenters. The molecule has 0 spiro atoms. The molecule has 0 fully saturated rings. The number of aliphatic hydroxyl groups excluding tert-OH is 1. The Morgan fingerprint density at radius 3 is 2.94 bits per heavy atom. The van der Waals surface area contributed by atoms with Crippen molar-refractivity contribution in [3.63, 3.8) is 0 Å². The Hall–Kier alpha value is -1.65. The van der Waals surface area contributed by atoms with Gasteiger partial charge in [-0.3, -0.25) is 0 Å². The standard InChI is InChI=1S/C13H11NO2S/c1-8(15)11-7-17-13(14-11)10-6-16-12-5-3-2-4-9(10)12/h2-8,15H,1H3. The molecule has 0 aliphatic heterocycles. The molecule has 3 nitrogen and oxygen atoms in total. The summed E-state index contributed by atoms with van der Waals surface area (Å²) in [5.41, 5.74) is 2.55. The first-order valence-corrected chi connectivity index (χ1v) is 6.24. The van der Waals surface area contributed by atoms with E-state index in [4.69, 9.17) is 4.42 Å². The largest absolute Gasteiger partial charge is 0.464 e. The number of thiazole rings is 1. The maximum Gasteiger partial charge on any atom is 0.134 e. The number of fused-ring (bicyclic) bond motifs is 1. The van der Waals surface area contributed by atoms with Crippen molar-refractivity contribution in [1.29, 1.82) is 0 Å². The van der Waals surface area contributed by atoms with Crippen LogP contribution in [0.1, 0.15) is 18.7 Å². The van der Waals surface area contributed by atoms with E-state index in [0.29, 0.717) is 5.69 Å². The van der Waals surface area contributed by atoms with Crippen molar-refractivity contribution in [3.8, 4) is 10.6 Å². The minimum absolute atomic E-state index is 0.529. The van der Waals surface area contributed by atoms with E-state index in [9.17, 15) is 5.11 Å².